The van der Waals surface area contributed by atoms with Crippen molar-refractivity contribution in [3.63, 3.8) is 0 Å². The molecule has 128 valence electrons. The Morgan fingerprint density at radius 3 is 2.62 bits per heavy atom. The number of rotatable bonds is 3. The van der Waals surface area contributed by atoms with Gasteiger partial charge >= 0.3 is 5.97 Å². The van der Waals surface area contributed by atoms with Crippen molar-refractivity contribution in [3.8, 4) is 0 Å². The highest BCUT2D eigenvalue weighted by Crippen LogP contribution is 2.37. The van der Waals surface area contributed by atoms with Gasteiger partial charge in [-0.25, -0.2) is 4.79 Å². The molecule has 0 bridgehead atoms. The van der Waals surface area contributed by atoms with Crippen LogP contribution < -0.4 is 5.32 Å². The van der Waals surface area contributed by atoms with Gasteiger partial charge in [-0.3, -0.25) is 4.79 Å². The van der Waals surface area contributed by atoms with E-state index in [4.69, 9.17) is 4.74 Å². The van der Waals surface area contributed by atoms with Crippen molar-refractivity contribution in [2.75, 3.05) is 0 Å². The van der Waals surface area contributed by atoms with E-state index in [0.29, 0.717) is 11.3 Å². The quantitative estimate of drug-likeness (QED) is 0.785. The molecule has 1 aliphatic carbocycles. The molecule has 1 heterocycles. The molecule has 4 nitrogen and oxygen atoms in total. The van der Waals surface area contributed by atoms with E-state index in [0.717, 1.165) is 35.7 Å². The first-order chi connectivity index (χ1) is 11.6. The van der Waals surface area contributed by atoms with Gasteiger partial charge in [0.1, 0.15) is 6.10 Å². The van der Waals surface area contributed by atoms with Crippen molar-refractivity contribution >= 4 is 27.8 Å². The zero-order valence-corrected chi connectivity index (χ0v) is 15.4. The van der Waals surface area contributed by atoms with Crippen molar-refractivity contribution in [2.45, 2.75) is 57.5 Å². The van der Waals surface area contributed by atoms with Crippen molar-refractivity contribution in [1.82, 2.24) is 5.32 Å². The minimum Gasteiger partial charge on any atom is -0.459 e. The lowest BCUT2D eigenvalue weighted by Crippen LogP contribution is -2.35. The van der Waals surface area contributed by atoms with Crippen LogP contribution in [-0.4, -0.2) is 18.0 Å². The maximum absolute atomic E-state index is 12.8. The Labute approximate surface area is 150 Å². The maximum atomic E-state index is 12.8. The lowest BCUT2D eigenvalue weighted by molar-refractivity contribution is -0.146. The van der Waals surface area contributed by atoms with Crippen LogP contribution in [0.15, 0.2) is 40.0 Å². The minimum absolute atomic E-state index is 0.00374. The molecule has 0 aromatic heterocycles. The topological polar surface area (TPSA) is 55.4 Å². The summed E-state index contributed by atoms with van der Waals surface area (Å²) in [5.41, 5.74) is 2.13. The van der Waals surface area contributed by atoms with Crippen LogP contribution in [-0.2, 0) is 14.3 Å². The van der Waals surface area contributed by atoms with E-state index in [1.165, 1.54) is 6.42 Å². The van der Waals surface area contributed by atoms with Crippen molar-refractivity contribution in [3.05, 3.63) is 45.6 Å². The third-order valence-electron chi connectivity index (χ3n) is 4.80. The number of halogens is 1. The van der Waals surface area contributed by atoms with Crippen LogP contribution in [0.25, 0.3) is 0 Å². The number of esters is 1. The second kappa shape index (κ2) is 7.51. The smallest absolute Gasteiger partial charge is 0.336 e. The molecule has 0 spiro atoms. The molecule has 1 fully saturated rings. The molecular weight excluding hydrogens is 370 g/mol. The highest BCUT2D eigenvalue weighted by atomic mass is 79.9. The molecule has 0 radical (unpaired) electrons. The number of carbonyl (C=O) groups excluding carboxylic acids is 2. The highest BCUT2D eigenvalue weighted by Gasteiger charge is 2.34. The maximum Gasteiger partial charge on any atom is 0.336 e. The monoisotopic (exact) mass is 391 g/mol. The molecule has 5 heteroatoms. The standard InChI is InChI=1S/C19H22BrNO3/c1-12-18(19(23)24-13-7-3-2-4-8-13)15(11-17(22)21-12)14-9-5-6-10-16(14)20/h5-6,9-10,13,15H,2-4,7-8,11H2,1H3,(H,21,22)/t15-/m0/s1. The van der Waals surface area contributed by atoms with Crippen molar-refractivity contribution < 1.29 is 14.3 Å². The molecule has 24 heavy (non-hydrogen) atoms. The first-order valence-corrected chi connectivity index (χ1v) is 9.31. The predicted octanol–water partition coefficient (Wildman–Crippen LogP) is 4.20. The molecule has 1 N–H and O–H groups in total. The van der Waals surface area contributed by atoms with E-state index in [9.17, 15) is 9.59 Å². The first-order valence-electron chi connectivity index (χ1n) is 8.52. The molecule has 2 aliphatic rings. The molecule has 3 rings (SSSR count). The van der Waals surface area contributed by atoms with Crippen LogP contribution in [0.2, 0.25) is 0 Å². The molecule has 1 aliphatic heterocycles. The van der Waals surface area contributed by atoms with E-state index in [1.807, 2.05) is 24.3 Å². The van der Waals surface area contributed by atoms with Crippen LogP contribution in [0.1, 0.15) is 56.9 Å². The Morgan fingerprint density at radius 2 is 1.92 bits per heavy atom. The molecule has 1 amide bonds. The Hall–Kier alpha value is -1.62. The lowest BCUT2D eigenvalue weighted by atomic mass is 9.84. The summed E-state index contributed by atoms with van der Waals surface area (Å²) in [4.78, 5) is 24.8. The summed E-state index contributed by atoms with van der Waals surface area (Å²) in [5, 5.41) is 2.79. The van der Waals surface area contributed by atoms with Gasteiger partial charge in [0.2, 0.25) is 5.91 Å². The molecule has 0 unspecified atom stereocenters. The molecule has 1 aromatic rings. The van der Waals surface area contributed by atoms with Crippen molar-refractivity contribution in [2.24, 2.45) is 0 Å². The zero-order chi connectivity index (χ0) is 17.1. The second-order valence-corrected chi connectivity index (χ2v) is 7.38. The van der Waals surface area contributed by atoms with Crippen molar-refractivity contribution in [1.29, 1.82) is 0 Å². The fourth-order valence-corrected chi connectivity index (χ4v) is 4.15. The van der Waals surface area contributed by atoms with E-state index in [-0.39, 0.29) is 30.3 Å². The summed E-state index contributed by atoms with van der Waals surface area (Å²) >= 11 is 3.54. The number of benzene rings is 1. The zero-order valence-electron chi connectivity index (χ0n) is 13.8. The minimum atomic E-state index is -0.292. The van der Waals surface area contributed by atoms with Gasteiger partial charge < -0.3 is 10.1 Å². The highest BCUT2D eigenvalue weighted by molar-refractivity contribution is 9.10. The van der Waals surface area contributed by atoms with Gasteiger partial charge in [0, 0.05) is 22.5 Å². The fraction of sp³-hybridized carbons (Fsp3) is 0.474. The summed E-state index contributed by atoms with van der Waals surface area (Å²) < 4.78 is 6.67. The largest absolute Gasteiger partial charge is 0.459 e. The van der Waals surface area contributed by atoms with Gasteiger partial charge in [0.25, 0.3) is 0 Å². The first kappa shape index (κ1) is 17.2. The number of hydrogen-bond donors (Lipinski definition) is 1. The predicted molar refractivity (Wildman–Crippen MR) is 95.3 cm³/mol. The fourth-order valence-electron chi connectivity index (χ4n) is 3.59. The van der Waals surface area contributed by atoms with Gasteiger partial charge in [-0.05, 0) is 44.2 Å². The van der Waals surface area contributed by atoms with Crippen LogP contribution in [0.3, 0.4) is 0 Å². The van der Waals surface area contributed by atoms with Gasteiger partial charge in [-0.15, -0.1) is 0 Å². The Balaban J connectivity index is 1.89. The third-order valence-corrected chi connectivity index (χ3v) is 5.52. The SMILES string of the molecule is CC1=C(C(=O)OC2CCCCC2)[C@H](c2ccccc2Br)CC(=O)N1. The normalized spacial score (nSPS) is 22.2. The number of ether oxygens (including phenoxy) is 1. The van der Waals surface area contributed by atoms with Gasteiger partial charge in [-0.1, -0.05) is 40.5 Å². The average Bonchev–Trinajstić information content (AvgIpc) is 2.55. The number of hydrogen-bond acceptors (Lipinski definition) is 3. The van der Waals surface area contributed by atoms with Crippen LogP contribution in [0.4, 0.5) is 0 Å². The summed E-state index contributed by atoms with van der Waals surface area (Å²) in [6, 6.07) is 7.73. The third kappa shape index (κ3) is 3.72. The summed E-state index contributed by atoms with van der Waals surface area (Å²) in [6.45, 7) is 1.78. The van der Waals surface area contributed by atoms with Crippen LogP contribution in [0.5, 0.6) is 0 Å². The summed E-state index contributed by atoms with van der Waals surface area (Å²) in [5.74, 6) is -0.631. The molecule has 0 saturated heterocycles. The number of amides is 1. The number of nitrogens with one attached hydrogen (secondary N) is 1. The van der Waals surface area contributed by atoms with E-state index < -0.39 is 0 Å². The van der Waals surface area contributed by atoms with Gasteiger partial charge in [-0.2, -0.15) is 0 Å². The second-order valence-electron chi connectivity index (χ2n) is 6.53. The van der Waals surface area contributed by atoms with Gasteiger partial charge in [0.05, 0.1) is 5.57 Å². The van der Waals surface area contributed by atoms with Crippen LogP contribution >= 0.6 is 15.9 Å². The van der Waals surface area contributed by atoms with Gasteiger partial charge in [0.15, 0.2) is 0 Å². The molecular formula is C19H22BrNO3. The Bertz CT molecular complexity index is 677. The lowest BCUT2D eigenvalue weighted by Gasteiger charge is -2.29. The summed E-state index contributed by atoms with van der Waals surface area (Å²) in [7, 11) is 0. The number of allylic oxidation sites excluding steroid dienone is 1. The number of carbonyl (C=O) groups is 2. The Morgan fingerprint density at radius 1 is 1.21 bits per heavy atom. The molecule has 1 saturated carbocycles. The average molecular weight is 392 g/mol. The Kier molecular flexibility index (Phi) is 5.39. The van der Waals surface area contributed by atoms with E-state index in [1.54, 1.807) is 6.92 Å². The van der Waals surface area contributed by atoms with E-state index in [2.05, 4.69) is 21.2 Å². The van der Waals surface area contributed by atoms with E-state index >= 15 is 0 Å². The molecule has 1 aromatic carbocycles. The summed E-state index contributed by atoms with van der Waals surface area (Å²) in [6.07, 6.45) is 5.57. The molecule has 1 atom stereocenters. The van der Waals surface area contributed by atoms with Crippen LogP contribution in [0, 0.1) is 0 Å².